The number of hydrogen-bond donors (Lipinski definition) is 2. The van der Waals surface area contributed by atoms with Gasteiger partial charge in [0.15, 0.2) is 0 Å². The number of likely N-dealkylation sites (tertiary alicyclic amines) is 2. The summed E-state index contributed by atoms with van der Waals surface area (Å²) in [7, 11) is 0. The second-order valence-electron chi connectivity index (χ2n) is 19.2. The number of piperidine rings is 1. The number of aliphatic hydroxyl groups is 1. The molecule has 8 fully saturated rings. The number of aliphatic hydroxyl groups excluding tert-OH is 1. The maximum Gasteiger partial charge on any atom is 0.249 e. The lowest BCUT2D eigenvalue weighted by atomic mass is 9.68. The lowest BCUT2D eigenvalue weighted by Crippen LogP contribution is -2.57. The van der Waals surface area contributed by atoms with Gasteiger partial charge < -0.3 is 19.6 Å². The molecule has 0 bridgehead atoms. The Morgan fingerprint density at radius 1 is 0.732 bits per heavy atom. The molecule has 11 heteroatoms. The highest BCUT2D eigenvalue weighted by Crippen LogP contribution is 2.46. The number of carbonyl (C=O) groups excluding carboxylic acids is 4. The van der Waals surface area contributed by atoms with Crippen LogP contribution in [0.4, 0.5) is 0 Å². The van der Waals surface area contributed by atoms with Crippen molar-refractivity contribution in [3.63, 3.8) is 0 Å². The first-order valence-corrected chi connectivity index (χ1v) is 23.2. The van der Waals surface area contributed by atoms with Crippen LogP contribution >= 0.6 is 0 Å². The van der Waals surface area contributed by atoms with Crippen molar-refractivity contribution in [1.82, 2.24) is 24.9 Å². The van der Waals surface area contributed by atoms with Crippen molar-refractivity contribution < 1.29 is 29.0 Å². The van der Waals surface area contributed by atoms with Crippen LogP contribution in [0.25, 0.3) is 0 Å². The fraction of sp³-hybridized carbons (Fsp3) is 0.867. The van der Waals surface area contributed by atoms with E-state index in [1.807, 2.05) is 11.1 Å². The molecule has 0 spiro atoms. The molecular weight excluding hydrogens is 707 g/mol. The van der Waals surface area contributed by atoms with Gasteiger partial charge in [0.2, 0.25) is 23.6 Å². The van der Waals surface area contributed by atoms with E-state index in [9.17, 15) is 24.3 Å². The van der Waals surface area contributed by atoms with Crippen molar-refractivity contribution in [2.24, 2.45) is 35.5 Å². The zero-order chi connectivity index (χ0) is 38.8. The molecule has 2 N–H and O–H groups in total. The Balaban J connectivity index is 0.722. The van der Waals surface area contributed by atoms with Crippen LogP contribution in [0.15, 0.2) is 11.1 Å². The first-order chi connectivity index (χ1) is 27.2. The molecule has 4 saturated heterocycles. The van der Waals surface area contributed by atoms with Crippen molar-refractivity contribution in [2.75, 3.05) is 59.0 Å². The maximum absolute atomic E-state index is 13.5. The number of amides is 4. The summed E-state index contributed by atoms with van der Waals surface area (Å²) in [6.07, 6.45) is 20.5. The SMILES string of the molecule is CC/C(=C(\C1CCC(O)CC1)C1CCC(OCCN2CC(CN3CCN(C4CCC5C(=O)N(C6CCC(=O)NC6=O)C(=O)C5C4)CC3)C2)CC1)C1CCCCC1. The van der Waals surface area contributed by atoms with Gasteiger partial charge in [0.05, 0.1) is 30.7 Å². The molecule has 0 aromatic heterocycles. The first-order valence-electron chi connectivity index (χ1n) is 23.2. The molecule has 0 aromatic rings. The number of allylic oxidation sites excluding steroid dienone is 2. The van der Waals surface area contributed by atoms with Gasteiger partial charge in [-0.25, -0.2) is 0 Å². The lowest BCUT2D eigenvalue weighted by molar-refractivity contribution is -0.151. The van der Waals surface area contributed by atoms with E-state index in [-0.39, 0.29) is 48.5 Å². The van der Waals surface area contributed by atoms with Gasteiger partial charge >= 0.3 is 0 Å². The van der Waals surface area contributed by atoms with Crippen molar-refractivity contribution in [2.45, 2.75) is 153 Å². The van der Waals surface area contributed by atoms with E-state index in [2.05, 4.69) is 26.9 Å². The number of rotatable bonds is 12. The summed E-state index contributed by atoms with van der Waals surface area (Å²) in [6, 6.07) is -0.544. The van der Waals surface area contributed by atoms with Gasteiger partial charge in [-0.15, -0.1) is 0 Å². The zero-order valence-corrected chi connectivity index (χ0v) is 34.3. The molecule has 8 aliphatic rings. The third-order valence-electron chi connectivity index (χ3n) is 15.8. The smallest absolute Gasteiger partial charge is 0.249 e. The van der Waals surface area contributed by atoms with Crippen LogP contribution in [-0.4, -0.2) is 132 Å². The van der Waals surface area contributed by atoms with E-state index >= 15 is 0 Å². The molecule has 4 amide bonds. The largest absolute Gasteiger partial charge is 0.393 e. The number of nitrogens with one attached hydrogen (secondary N) is 1. The molecule has 4 saturated carbocycles. The standard InChI is InChI=1S/C45H71N5O6/c1-2-37(31-6-4-3-5-7-31)42(32-8-13-35(51)14-9-32)33-10-15-36(16-11-33)56-25-24-48-28-30(29-48)27-47-20-22-49(23-21-47)34-12-17-38-39(26-34)45(55)50(44(38)54)40-18-19-41(52)46-43(40)53/h30-36,38-40,51H,2-29H2,1H3,(H,46,52,53)/b42-37-. The predicted molar refractivity (Wildman–Crippen MR) is 214 cm³/mol. The van der Waals surface area contributed by atoms with Crippen LogP contribution in [0.1, 0.15) is 129 Å². The number of ether oxygens (including phenoxy) is 1. The molecule has 4 aliphatic carbocycles. The molecule has 4 aliphatic heterocycles. The number of hydrogen-bond acceptors (Lipinski definition) is 9. The molecule has 312 valence electrons. The van der Waals surface area contributed by atoms with E-state index in [0.717, 1.165) is 96.0 Å². The van der Waals surface area contributed by atoms with Crippen molar-refractivity contribution >= 4 is 23.6 Å². The van der Waals surface area contributed by atoms with Crippen LogP contribution in [-0.2, 0) is 23.9 Å². The summed E-state index contributed by atoms with van der Waals surface area (Å²) in [5.41, 5.74) is 3.68. The molecule has 4 atom stereocenters. The summed E-state index contributed by atoms with van der Waals surface area (Å²) >= 11 is 0. The minimum atomic E-state index is -0.842. The van der Waals surface area contributed by atoms with Gasteiger partial charge in [-0.05, 0) is 120 Å². The maximum atomic E-state index is 13.5. The molecule has 0 radical (unpaired) electrons. The minimum Gasteiger partial charge on any atom is -0.393 e. The highest BCUT2D eigenvalue weighted by atomic mass is 16.5. The fourth-order valence-electron chi connectivity index (χ4n) is 12.7. The second kappa shape index (κ2) is 18.4. The quantitative estimate of drug-likeness (QED) is 0.211. The number of carbonyl (C=O) groups is 4. The van der Waals surface area contributed by atoms with Crippen molar-refractivity contribution in [1.29, 1.82) is 0 Å². The number of imide groups is 2. The van der Waals surface area contributed by atoms with Crippen LogP contribution in [0.3, 0.4) is 0 Å². The molecule has 4 unspecified atom stereocenters. The predicted octanol–water partition coefficient (Wildman–Crippen LogP) is 4.91. The summed E-state index contributed by atoms with van der Waals surface area (Å²) in [4.78, 5) is 59.8. The van der Waals surface area contributed by atoms with Gasteiger partial charge in [0.25, 0.3) is 0 Å². The molecule has 8 rings (SSSR count). The fourth-order valence-corrected chi connectivity index (χ4v) is 12.7. The van der Waals surface area contributed by atoms with E-state index in [1.54, 1.807) is 0 Å². The third-order valence-corrected chi connectivity index (χ3v) is 15.8. The van der Waals surface area contributed by atoms with Crippen molar-refractivity contribution in [3.05, 3.63) is 11.1 Å². The molecule has 4 heterocycles. The van der Waals surface area contributed by atoms with Crippen LogP contribution < -0.4 is 5.32 Å². The number of nitrogens with zero attached hydrogens (tertiary/aromatic N) is 4. The Labute approximate surface area is 335 Å². The topological polar surface area (TPSA) is 123 Å². The van der Waals surface area contributed by atoms with Gasteiger partial charge in [-0.3, -0.25) is 34.3 Å². The van der Waals surface area contributed by atoms with Crippen molar-refractivity contribution in [3.8, 4) is 0 Å². The first kappa shape index (κ1) is 40.6. The van der Waals surface area contributed by atoms with Gasteiger partial charge in [0, 0.05) is 64.8 Å². The highest BCUT2D eigenvalue weighted by Gasteiger charge is 2.54. The Morgan fingerprint density at radius 2 is 1.41 bits per heavy atom. The summed E-state index contributed by atoms with van der Waals surface area (Å²) in [5.74, 6) is 1.00. The summed E-state index contributed by atoms with van der Waals surface area (Å²) in [6.45, 7) is 11.8. The molecular formula is C45H71N5O6. The summed E-state index contributed by atoms with van der Waals surface area (Å²) in [5, 5.41) is 12.6. The van der Waals surface area contributed by atoms with Gasteiger partial charge in [0.1, 0.15) is 6.04 Å². The van der Waals surface area contributed by atoms with Gasteiger partial charge in [-0.2, -0.15) is 0 Å². The highest BCUT2D eigenvalue weighted by molar-refractivity contribution is 6.10. The Bertz CT molecular complexity index is 1430. The summed E-state index contributed by atoms with van der Waals surface area (Å²) < 4.78 is 6.54. The second-order valence-corrected chi connectivity index (χ2v) is 19.2. The normalized spacial score (nSPS) is 36.6. The molecule has 56 heavy (non-hydrogen) atoms. The Hall–Kier alpha value is -2.18. The van der Waals surface area contributed by atoms with Gasteiger partial charge in [-0.1, -0.05) is 37.3 Å². The Kier molecular flexibility index (Phi) is 13.3. The monoisotopic (exact) mass is 778 g/mol. The molecule has 11 nitrogen and oxygen atoms in total. The average Bonchev–Trinajstić information content (AvgIpc) is 3.45. The van der Waals surface area contributed by atoms with Crippen LogP contribution in [0, 0.1) is 35.5 Å². The Morgan fingerprint density at radius 3 is 2.09 bits per heavy atom. The number of piperazine rings is 1. The number of fused-ring (bicyclic) bond motifs is 1. The molecule has 0 aromatic carbocycles. The average molecular weight is 778 g/mol. The third kappa shape index (κ3) is 9.02. The van der Waals surface area contributed by atoms with E-state index < -0.39 is 11.9 Å². The van der Waals surface area contributed by atoms with Crippen LogP contribution in [0.5, 0.6) is 0 Å². The lowest BCUT2D eigenvalue weighted by Gasteiger charge is -2.46. The zero-order valence-electron chi connectivity index (χ0n) is 34.3. The van der Waals surface area contributed by atoms with E-state index in [4.69, 9.17) is 4.74 Å². The van der Waals surface area contributed by atoms with E-state index in [0.29, 0.717) is 30.9 Å². The van der Waals surface area contributed by atoms with Crippen LogP contribution in [0.2, 0.25) is 0 Å². The minimum absolute atomic E-state index is 0.0865. The van der Waals surface area contributed by atoms with E-state index in [1.165, 1.54) is 81.9 Å².